The molecule has 0 saturated heterocycles. The van der Waals surface area contributed by atoms with E-state index < -0.39 is 21.6 Å². The van der Waals surface area contributed by atoms with Crippen molar-refractivity contribution in [3.8, 4) is 6.07 Å². The summed E-state index contributed by atoms with van der Waals surface area (Å²) in [6, 6.07) is 4.44. The number of hydrogen-bond acceptors (Lipinski definition) is 6. The van der Waals surface area contributed by atoms with Crippen LogP contribution in [-0.2, 0) is 15.8 Å². The number of hydrogen-bond donors (Lipinski definition) is 1. The van der Waals surface area contributed by atoms with E-state index in [2.05, 4.69) is 4.98 Å². The third-order valence-corrected chi connectivity index (χ3v) is 7.67. The highest BCUT2D eigenvalue weighted by Gasteiger charge is 2.40. The Morgan fingerprint density at radius 1 is 1.45 bits per heavy atom. The normalized spacial score (nSPS) is 21.8. The molecular weight excluding hydrogens is 445 g/mol. The summed E-state index contributed by atoms with van der Waals surface area (Å²) >= 11 is 6.09. The summed E-state index contributed by atoms with van der Waals surface area (Å²) in [6.45, 7) is 2.45. The number of aromatic nitrogens is 2. The molecule has 8 nitrogen and oxygen atoms in total. The van der Waals surface area contributed by atoms with Crippen LogP contribution >= 0.6 is 11.6 Å². The molecule has 1 aliphatic rings. The van der Waals surface area contributed by atoms with E-state index in [0.717, 1.165) is 14.7 Å². The highest BCUT2D eigenvalue weighted by molar-refractivity contribution is 7.87. The molecule has 0 amide bonds. The van der Waals surface area contributed by atoms with Crippen LogP contribution < -0.4 is 4.90 Å². The van der Waals surface area contributed by atoms with E-state index in [-0.39, 0.29) is 22.3 Å². The number of rotatable bonds is 6. The smallest absolute Gasteiger partial charge is 0.308 e. The van der Waals surface area contributed by atoms with Crippen molar-refractivity contribution in [1.29, 1.82) is 5.26 Å². The van der Waals surface area contributed by atoms with E-state index in [1.807, 2.05) is 11.8 Å². The van der Waals surface area contributed by atoms with Gasteiger partial charge in [-0.3, -0.25) is 0 Å². The van der Waals surface area contributed by atoms with Crippen molar-refractivity contribution in [3.05, 3.63) is 46.8 Å². The van der Waals surface area contributed by atoms with Gasteiger partial charge in [-0.25, -0.2) is 13.3 Å². The van der Waals surface area contributed by atoms with E-state index in [9.17, 15) is 17.9 Å². The first-order chi connectivity index (χ1) is 14.5. The standard InChI is InChI=1S/C20H25ClFN5O3S/c1-4-27(15-8-17(21)16(11-23)18(22)9-15)14-6-5-7-20(28,10-14)19-12-26(13-24-19)31(29,30)25(2)3/h8-9,12-14,28H,4-7,10H2,1-3H3. The Hall–Kier alpha value is -2.19. The second-order valence-corrected chi connectivity index (χ2v) is 10.3. The van der Waals surface area contributed by atoms with Gasteiger partial charge in [0.05, 0.1) is 10.7 Å². The second kappa shape index (κ2) is 8.74. The van der Waals surface area contributed by atoms with Gasteiger partial charge in [0, 0.05) is 45.0 Å². The third-order valence-electron chi connectivity index (χ3n) is 5.72. The van der Waals surface area contributed by atoms with Gasteiger partial charge >= 0.3 is 10.2 Å². The fraction of sp³-hybridized carbons (Fsp3) is 0.500. The van der Waals surface area contributed by atoms with Crippen molar-refractivity contribution >= 4 is 27.5 Å². The highest BCUT2D eigenvalue weighted by atomic mass is 35.5. The fourth-order valence-electron chi connectivity index (χ4n) is 4.07. The van der Waals surface area contributed by atoms with Gasteiger partial charge in [-0.05, 0) is 38.3 Å². The average Bonchev–Trinajstić information content (AvgIpc) is 3.20. The van der Waals surface area contributed by atoms with Gasteiger partial charge in [-0.1, -0.05) is 11.6 Å². The van der Waals surface area contributed by atoms with Gasteiger partial charge in [0.1, 0.15) is 29.4 Å². The Balaban J connectivity index is 1.90. The largest absolute Gasteiger partial charge is 0.383 e. The minimum atomic E-state index is -3.73. The number of nitriles is 1. The van der Waals surface area contributed by atoms with Crippen molar-refractivity contribution < 1.29 is 17.9 Å². The number of halogens is 2. The van der Waals surface area contributed by atoms with Crippen LogP contribution in [0.2, 0.25) is 5.02 Å². The van der Waals surface area contributed by atoms with Crippen molar-refractivity contribution in [3.63, 3.8) is 0 Å². The molecule has 0 radical (unpaired) electrons. The van der Waals surface area contributed by atoms with Crippen LogP contribution in [0.3, 0.4) is 0 Å². The van der Waals surface area contributed by atoms with E-state index in [1.54, 1.807) is 12.1 Å². The van der Waals surface area contributed by atoms with Gasteiger partial charge in [0.15, 0.2) is 0 Å². The Morgan fingerprint density at radius 3 is 2.74 bits per heavy atom. The lowest BCUT2D eigenvalue weighted by atomic mass is 9.79. The Labute approximate surface area is 186 Å². The minimum absolute atomic E-state index is 0.0367. The van der Waals surface area contributed by atoms with Crippen LogP contribution in [0.5, 0.6) is 0 Å². The molecule has 11 heteroatoms. The van der Waals surface area contributed by atoms with Gasteiger partial charge in [0.25, 0.3) is 0 Å². The summed E-state index contributed by atoms with van der Waals surface area (Å²) in [5.74, 6) is -0.692. The summed E-state index contributed by atoms with van der Waals surface area (Å²) in [7, 11) is -0.896. The van der Waals surface area contributed by atoms with Gasteiger partial charge in [0.2, 0.25) is 0 Å². The molecule has 3 rings (SSSR count). The topological polar surface area (TPSA) is 102 Å². The van der Waals surface area contributed by atoms with Crippen LogP contribution in [-0.4, -0.2) is 53.5 Å². The van der Waals surface area contributed by atoms with Crippen LogP contribution in [0.1, 0.15) is 43.9 Å². The molecule has 2 atom stereocenters. The zero-order valence-electron chi connectivity index (χ0n) is 17.6. The maximum atomic E-state index is 14.3. The quantitative estimate of drug-likeness (QED) is 0.697. The van der Waals surface area contributed by atoms with E-state index in [0.29, 0.717) is 31.5 Å². The first-order valence-electron chi connectivity index (χ1n) is 9.89. The van der Waals surface area contributed by atoms with Crippen molar-refractivity contribution in [2.75, 3.05) is 25.5 Å². The van der Waals surface area contributed by atoms with Crippen molar-refractivity contribution in [1.82, 2.24) is 13.3 Å². The fourth-order valence-corrected chi connectivity index (χ4v) is 5.09. The SMILES string of the molecule is CCN(c1cc(F)c(C#N)c(Cl)c1)C1CCCC(O)(c2cn(S(=O)(=O)N(C)C)cn2)C1. The molecule has 1 fully saturated rings. The predicted octanol–water partition coefficient (Wildman–Crippen LogP) is 2.86. The summed E-state index contributed by atoms with van der Waals surface area (Å²) in [6.07, 6.45) is 4.68. The summed E-state index contributed by atoms with van der Waals surface area (Å²) < 4.78 is 41.0. The van der Waals surface area contributed by atoms with Crippen LogP contribution in [0.15, 0.2) is 24.7 Å². The molecule has 2 unspecified atom stereocenters. The average molecular weight is 470 g/mol. The number of imidazole rings is 1. The molecule has 0 aliphatic heterocycles. The van der Waals surface area contributed by atoms with Crippen molar-refractivity contribution in [2.45, 2.75) is 44.2 Å². The maximum absolute atomic E-state index is 14.3. The van der Waals surface area contributed by atoms with E-state index in [1.165, 1.54) is 32.7 Å². The molecule has 168 valence electrons. The molecule has 0 spiro atoms. The van der Waals surface area contributed by atoms with Crippen LogP contribution in [0.4, 0.5) is 10.1 Å². The van der Waals surface area contributed by atoms with E-state index in [4.69, 9.17) is 16.9 Å². The molecule has 0 bridgehead atoms. The molecule has 1 N–H and O–H groups in total. The molecule has 1 aromatic carbocycles. The van der Waals surface area contributed by atoms with Crippen LogP contribution in [0, 0.1) is 17.1 Å². The predicted molar refractivity (Wildman–Crippen MR) is 116 cm³/mol. The Kier molecular flexibility index (Phi) is 6.62. The monoisotopic (exact) mass is 469 g/mol. The summed E-state index contributed by atoms with van der Waals surface area (Å²) in [5.41, 5.74) is -0.714. The molecule has 1 aromatic heterocycles. The lowest BCUT2D eigenvalue weighted by Gasteiger charge is -2.42. The molecule has 2 aromatic rings. The molecular formula is C20H25ClFN5O3S. The van der Waals surface area contributed by atoms with Gasteiger partial charge in [-0.15, -0.1) is 0 Å². The maximum Gasteiger partial charge on any atom is 0.308 e. The highest BCUT2D eigenvalue weighted by Crippen LogP contribution is 2.40. The molecule has 31 heavy (non-hydrogen) atoms. The lowest BCUT2D eigenvalue weighted by molar-refractivity contribution is -0.0118. The van der Waals surface area contributed by atoms with Crippen molar-refractivity contribution in [2.24, 2.45) is 0 Å². The third kappa shape index (κ3) is 4.41. The lowest BCUT2D eigenvalue weighted by Crippen LogP contribution is -2.45. The number of aliphatic hydroxyl groups is 1. The number of nitrogens with zero attached hydrogens (tertiary/aromatic N) is 5. The van der Waals surface area contributed by atoms with Crippen LogP contribution in [0.25, 0.3) is 0 Å². The molecule has 1 heterocycles. The van der Waals surface area contributed by atoms with Gasteiger partial charge < -0.3 is 10.0 Å². The number of benzene rings is 1. The molecule has 1 saturated carbocycles. The zero-order chi connectivity index (χ0) is 23.0. The molecule has 1 aliphatic carbocycles. The van der Waals surface area contributed by atoms with E-state index >= 15 is 0 Å². The van der Waals surface area contributed by atoms with Gasteiger partial charge in [-0.2, -0.15) is 18.0 Å². The Bertz CT molecular complexity index is 1090. The zero-order valence-corrected chi connectivity index (χ0v) is 19.2. The Morgan fingerprint density at radius 2 is 2.16 bits per heavy atom. The first-order valence-corrected chi connectivity index (χ1v) is 11.7. The first kappa shape index (κ1) is 23.5. The number of anilines is 1. The second-order valence-electron chi connectivity index (χ2n) is 7.84. The minimum Gasteiger partial charge on any atom is -0.383 e. The summed E-state index contributed by atoms with van der Waals surface area (Å²) in [4.78, 5) is 6.11. The summed E-state index contributed by atoms with van der Waals surface area (Å²) in [5, 5.41) is 20.4.